The van der Waals surface area contributed by atoms with Gasteiger partial charge in [-0.3, -0.25) is 0 Å². The number of aliphatic hydroxyl groups excluding tert-OH is 2. The van der Waals surface area contributed by atoms with Crippen molar-refractivity contribution < 1.29 is 14.9 Å². The van der Waals surface area contributed by atoms with E-state index in [-0.39, 0.29) is 6.61 Å². The molecule has 0 fully saturated rings. The van der Waals surface area contributed by atoms with E-state index in [0.29, 0.717) is 13.0 Å². The van der Waals surface area contributed by atoms with Gasteiger partial charge in [0.05, 0.1) is 19.3 Å². The Morgan fingerprint density at radius 3 is 2.56 bits per heavy atom. The molecule has 1 aromatic rings. The fourth-order valence-electron chi connectivity index (χ4n) is 1.40. The molecule has 0 radical (unpaired) electrons. The molecule has 0 amide bonds. The van der Waals surface area contributed by atoms with E-state index in [2.05, 4.69) is 6.58 Å². The highest BCUT2D eigenvalue weighted by Gasteiger charge is 2.17. The molecule has 3 heteroatoms. The van der Waals surface area contributed by atoms with Gasteiger partial charge in [0, 0.05) is 0 Å². The van der Waals surface area contributed by atoms with Crippen LogP contribution >= 0.6 is 0 Å². The standard InChI is InChI=1S/C13H18O3/c1-2-6-13(12(15)9-14)16-10-11-7-4-3-5-8-11/h2-5,7-8,12-15H,1,6,9-10H2/t12?,13-/m0/s1. The fraction of sp³-hybridized carbons (Fsp3) is 0.385. The Balaban J connectivity index is 2.46. The average Bonchev–Trinajstić information content (AvgIpc) is 2.34. The molecule has 1 unspecified atom stereocenters. The first-order chi connectivity index (χ1) is 7.77. The Hall–Kier alpha value is -1.16. The van der Waals surface area contributed by atoms with Crippen LogP contribution in [0.3, 0.4) is 0 Å². The van der Waals surface area contributed by atoms with Crippen LogP contribution in [0.1, 0.15) is 12.0 Å². The zero-order valence-corrected chi connectivity index (χ0v) is 9.25. The predicted octanol–water partition coefficient (Wildman–Crippen LogP) is 1.50. The van der Waals surface area contributed by atoms with Crippen LogP contribution < -0.4 is 0 Å². The second-order valence-corrected chi connectivity index (χ2v) is 3.61. The van der Waals surface area contributed by atoms with Crippen molar-refractivity contribution >= 4 is 0 Å². The number of benzene rings is 1. The molecule has 16 heavy (non-hydrogen) atoms. The second kappa shape index (κ2) is 7.17. The van der Waals surface area contributed by atoms with Gasteiger partial charge in [0.1, 0.15) is 6.10 Å². The van der Waals surface area contributed by atoms with E-state index in [0.717, 1.165) is 5.56 Å². The lowest BCUT2D eigenvalue weighted by Gasteiger charge is -2.20. The normalized spacial score (nSPS) is 14.4. The van der Waals surface area contributed by atoms with Gasteiger partial charge in [-0.15, -0.1) is 6.58 Å². The quantitative estimate of drug-likeness (QED) is 0.687. The van der Waals surface area contributed by atoms with Crippen LogP contribution in [0, 0.1) is 0 Å². The molecule has 0 aliphatic heterocycles. The molecule has 3 nitrogen and oxygen atoms in total. The molecule has 0 heterocycles. The van der Waals surface area contributed by atoms with E-state index in [9.17, 15) is 5.11 Å². The first kappa shape index (κ1) is 12.9. The van der Waals surface area contributed by atoms with Gasteiger partial charge in [-0.1, -0.05) is 36.4 Å². The first-order valence-electron chi connectivity index (χ1n) is 5.33. The van der Waals surface area contributed by atoms with Gasteiger partial charge in [0.2, 0.25) is 0 Å². The molecule has 0 aliphatic carbocycles. The summed E-state index contributed by atoms with van der Waals surface area (Å²) in [6.07, 6.45) is 0.938. The lowest BCUT2D eigenvalue weighted by Crippen LogP contribution is -2.31. The van der Waals surface area contributed by atoms with Crippen molar-refractivity contribution in [2.75, 3.05) is 6.61 Å². The smallest absolute Gasteiger partial charge is 0.103 e. The van der Waals surface area contributed by atoms with Crippen molar-refractivity contribution in [1.82, 2.24) is 0 Å². The number of hydrogen-bond acceptors (Lipinski definition) is 3. The molecule has 1 aromatic carbocycles. The third-order valence-electron chi connectivity index (χ3n) is 2.32. The summed E-state index contributed by atoms with van der Waals surface area (Å²) in [4.78, 5) is 0. The Labute approximate surface area is 96.0 Å². The summed E-state index contributed by atoms with van der Waals surface area (Å²) in [7, 11) is 0. The highest BCUT2D eigenvalue weighted by Crippen LogP contribution is 2.09. The lowest BCUT2D eigenvalue weighted by atomic mass is 10.1. The maximum atomic E-state index is 9.50. The van der Waals surface area contributed by atoms with E-state index in [4.69, 9.17) is 9.84 Å². The molecule has 0 bridgehead atoms. The largest absolute Gasteiger partial charge is 0.394 e. The van der Waals surface area contributed by atoms with Crippen LogP contribution in [0.15, 0.2) is 43.0 Å². The summed E-state index contributed by atoms with van der Waals surface area (Å²) >= 11 is 0. The van der Waals surface area contributed by atoms with Crippen molar-refractivity contribution in [1.29, 1.82) is 0 Å². The molecular formula is C13H18O3. The summed E-state index contributed by atoms with van der Waals surface area (Å²) in [5.41, 5.74) is 1.04. The van der Waals surface area contributed by atoms with E-state index in [1.54, 1.807) is 6.08 Å². The summed E-state index contributed by atoms with van der Waals surface area (Å²) in [5.74, 6) is 0. The zero-order valence-electron chi connectivity index (χ0n) is 9.25. The Kier molecular flexibility index (Phi) is 5.78. The third kappa shape index (κ3) is 4.14. The fourth-order valence-corrected chi connectivity index (χ4v) is 1.40. The van der Waals surface area contributed by atoms with E-state index < -0.39 is 12.2 Å². The van der Waals surface area contributed by atoms with Crippen LogP contribution in [0.4, 0.5) is 0 Å². The molecule has 0 aromatic heterocycles. The Bertz CT molecular complexity index is 297. The number of rotatable bonds is 7. The molecule has 0 spiro atoms. The van der Waals surface area contributed by atoms with E-state index in [1.165, 1.54) is 0 Å². The SMILES string of the molecule is C=CC[C@H](OCc1ccccc1)C(O)CO. The second-order valence-electron chi connectivity index (χ2n) is 3.61. The van der Waals surface area contributed by atoms with Crippen LogP contribution in [0.5, 0.6) is 0 Å². The number of aliphatic hydroxyl groups is 2. The van der Waals surface area contributed by atoms with Gasteiger partial charge in [-0.05, 0) is 12.0 Å². The molecule has 1 rings (SSSR count). The van der Waals surface area contributed by atoms with E-state index in [1.807, 2.05) is 30.3 Å². The molecule has 2 N–H and O–H groups in total. The van der Waals surface area contributed by atoms with Gasteiger partial charge in [0.25, 0.3) is 0 Å². The topological polar surface area (TPSA) is 49.7 Å². The van der Waals surface area contributed by atoms with Crippen molar-refractivity contribution in [3.63, 3.8) is 0 Å². The summed E-state index contributed by atoms with van der Waals surface area (Å²) in [6.45, 7) is 3.73. The first-order valence-corrected chi connectivity index (χ1v) is 5.33. The average molecular weight is 222 g/mol. The van der Waals surface area contributed by atoms with E-state index >= 15 is 0 Å². The minimum Gasteiger partial charge on any atom is -0.394 e. The van der Waals surface area contributed by atoms with Gasteiger partial charge in [-0.2, -0.15) is 0 Å². The van der Waals surface area contributed by atoms with Crippen molar-refractivity contribution in [3.05, 3.63) is 48.6 Å². The van der Waals surface area contributed by atoms with Crippen molar-refractivity contribution in [2.45, 2.75) is 25.2 Å². The van der Waals surface area contributed by atoms with Crippen LogP contribution in [0.25, 0.3) is 0 Å². The minimum absolute atomic E-state index is 0.298. The third-order valence-corrected chi connectivity index (χ3v) is 2.32. The van der Waals surface area contributed by atoms with Gasteiger partial charge >= 0.3 is 0 Å². The number of hydrogen-bond donors (Lipinski definition) is 2. The lowest BCUT2D eigenvalue weighted by molar-refractivity contribution is -0.0629. The molecule has 88 valence electrons. The van der Waals surface area contributed by atoms with Gasteiger partial charge in [0.15, 0.2) is 0 Å². The van der Waals surface area contributed by atoms with Crippen molar-refractivity contribution in [2.24, 2.45) is 0 Å². The molecule has 0 saturated heterocycles. The van der Waals surface area contributed by atoms with Crippen LogP contribution in [0.2, 0.25) is 0 Å². The van der Waals surface area contributed by atoms with Gasteiger partial charge < -0.3 is 14.9 Å². The van der Waals surface area contributed by atoms with Crippen LogP contribution in [-0.4, -0.2) is 29.0 Å². The van der Waals surface area contributed by atoms with Gasteiger partial charge in [-0.25, -0.2) is 0 Å². The summed E-state index contributed by atoms with van der Waals surface area (Å²) in [5, 5.41) is 18.4. The molecule has 0 aliphatic rings. The number of ether oxygens (including phenoxy) is 1. The van der Waals surface area contributed by atoms with Crippen molar-refractivity contribution in [3.8, 4) is 0 Å². The molecule has 2 atom stereocenters. The zero-order chi connectivity index (χ0) is 11.8. The Morgan fingerprint density at radius 1 is 1.31 bits per heavy atom. The molecular weight excluding hydrogens is 204 g/mol. The minimum atomic E-state index is -0.860. The highest BCUT2D eigenvalue weighted by atomic mass is 16.5. The summed E-state index contributed by atoms with van der Waals surface area (Å²) in [6, 6.07) is 9.72. The highest BCUT2D eigenvalue weighted by molar-refractivity contribution is 5.13. The molecule has 0 saturated carbocycles. The van der Waals surface area contributed by atoms with Crippen LogP contribution in [-0.2, 0) is 11.3 Å². The predicted molar refractivity (Wildman–Crippen MR) is 62.9 cm³/mol. The monoisotopic (exact) mass is 222 g/mol. The Morgan fingerprint density at radius 2 is 2.00 bits per heavy atom. The maximum Gasteiger partial charge on any atom is 0.103 e. The maximum absolute atomic E-state index is 9.50. The summed E-state index contributed by atoms with van der Waals surface area (Å²) < 4.78 is 5.54.